The minimum atomic E-state index is -0.272. The van der Waals surface area contributed by atoms with Crippen LogP contribution in [0.5, 0.6) is 0 Å². The number of nitrogens with zero attached hydrogens (tertiary/aromatic N) is 3. The number of carbonyl (C=O) groups excluding carboxylic acids is 1. The van der Waals surface area contributed by atoms with E-state index in [1.807, 2.05) is 27.9 Å². The molecule has 1 amide bonds. The number of rotatable bonds is 2. The Morgan fingerprint density at radius 3 is 3.04 bits per heavy atom. The molecule has 6 heteroatoms. The van der Waals surface area contributed by atoms with Crippen molar-refractivity contribution in [3.63, 3.8) is 0 Å². The number of fused-ring (bicyclic) bond motifs is 1. The fourth-order valence-electron chi connectivity index (χ4n) is 3.14. The van der Waals surface area contributed by atoms with Gasteiger partial charge in [0, 0.05) is 35.6 Å². The third-order valence-corrected chi connectivity index (χ3v) is 5.39. The molecule has 0 N–H and O–H groups in total. The number of likely N-dealkylation sites (tertiary alicyclic amines) is 1. The van der Waals surface area contributed by atoms with Crippen molar-refractivity contribution in [2.75, 3.05) is 13.1 Å². The summed E-state index contributed by atoms with van der Waals surface area (Å²) in [5.74, 6) is -0.284. The predicted molar refractivity (Wildman–Crippen MR) is 88.2 cm³/mol. The van der Waals surface area contributed by atoms with Crippen molar-refractivity contribution in [2.45, 2.75) is 18.9 Å². The minimum Gasteiger partial charge on any atom is -0.336 e. The largest absolute Gasteiger partial charge is 0.336 e. The number of halogens is 1. The third kappa shape index (κ3) is 2.63. The van der Waals surface area contributed by atoms with Crippen LogP contribution in [0.25, 0.3) is 10.1 Å². The Hall–Kier alpha value is -2.21. The van der Waals surface area contributed by atoms with Crippen LogP contribution < -0.4 is 0 Å². The highest BCUT2D eigenvalue weighted by Crippen LogP contribution is 2.30. The standard InChI is InChI=1S/C17H16FN3OS/c18-14-5-1-6-15-13(14)10-16(23-15)17(22)20-8-2-4-12(11-20)21-9-3-7-19-21/h1,3,5-7,9-10,12H,2,4,8,11H2/t12-/m1/s1. The van der Waals surface area contributed by atoms with E-state index in [1.54, 1.807) is 18.3 Å². The molecule has 1 fully saturated rings. The topological polar surface area (TPSA) is 38.1 Å². The maximum atomic E-state index is 13.8. The van der Waals surface area contributed by atoms with Crippen molar-refractivity contribution in [3.05, 3.63) is 53.4 Å². The lowest BCUT2D eigenvalue weighted by molar-refractivity contribution is 0.0678. The first-order valence-electron chi connectivity index (χ1n) is 7.69. The summed E-state index contributed by atoms with van der Waals surface area (Å²) >= 11 is 1.36. The van der Waals surface area contributed by atoms with Gasteiger partial charge in [-0.05, 0) is 37.1 Å². The Morgan fingerprint density at radius 2 is 2.26 bits per heavy atom. The van der Waals surface area contributed by atoms with Crippen LogP contribution in [0.2, 0.25) is 0 Å². The van der Waals surface area contributed by atoms with E-state index >= 15 is 0 Å². The van der Waals surface area contributed by atoms with Gasteiger partial charge < -0.3 is 4.90 Å². The van der Waals surface area contributed by atoms with Crippen LogP contribution in [0.3, 0.4) is 0 Å². The van der Waals surface area contributed by atoms with E-state index in [4.69, 9.17) is 0 Å². The first-order valence-corrected chi connectivity index (χ1v) is 8.50. The quantitative estimate of drug-likeness (QED) is 0.719. The first-order chi connectivity index (χ1) is 11.2. The number of hydrogen-bond donors (Lipinski definition) is 0. The van der Waals surface area contributed by atoms with Gasteiger partial charge in [0.2, 0.25) is 0 Å². The molecule has 0 bridgehead atoms. The molecule has 0 radical (unpaired) electrons. The van der Waals surface area contributed by atoms with Crippen LogP contribution in [0.4, 0.5) is 4.39 Å². The zero-order chi connectivity index (χ0) is 15.8. The lowest BCUT2D eigenvalue weighted by Crippen LogP contribution is -2.40. The molecule has 118 valence electrons. The van der Waals surface area contributed by atoms with Crippen molar-refractivity contribution in [2.24, 2.45) is 0 Å². The number of thiophene rings is 1. The van der Waals surface area contributed by atoms with Gasteiger partial charge in [-0.1, -0.05) is 6.07 Å². The summed E-state index contributed by atoms with van der Waals surface area (Å²) in [6, 6.07) is 8.75. The number of hydrogen-bond acceptors (Lipinski definition) is 3. The summed E-state index contributed by atoms with van der Waals surface area (Å²) < 4.78 is 16.6. The molecule has 1 atom stereocenters. The van der Waals surface area contributed by atoms with Crippen LogP contribution >= 0.6 is 11.3 Å². The van der Waals surface area contributed by atoms with Crippen molar-refractivity contribution in [1.82, 2.24) is 14.7 Å². The van der Waals surface area contributed by atoms with E-state index < -0.39 is 0 Å². The molecule has 1 aliphatic rings. The van der Waals surface area contributed by atoms with Crippen molar-refractivity contribution < 1.29 is 9.18 Å². The van der Waals surface area contributed by atoms with Crippen LogP contribution in [0.1, 0.15) is 28.6 Å². The van der Waals surface area contributed by atoms with Gasteiger partial charge in [0.15, 0.2) is 0 Å². The predicted octanol–water partition coefficient (Wildman–Crippen LogP) is 3.71. The van der Waals surface area contributed by atoms with Crippen LogP contribution in [0.15, 0.2) is 42.7 Å². The monoisotopic (exact) mass is 329 g/mol. The minimum absolute atomic E-state index is 0.0116. The van der Waals surface area contributed by atoms with Gasteiger partial charge in [0.25, 0.3) is 5.91 Å². The van der Waals surface area contributed by atoms with E-state index in [2.05, 4.69) is 5.10 Å². The molecule has 1 aromatic carbocycles. The first kappa shape index (κ1) is 14.4. The number of carbonyl (C=O) groups is 1. The molecule has 1 saturated heterocycles. The lowest BCUT2D eigenvalue weighted by atomic mass is 10.1. The fraction of sp³-hybridized carbons (Fsp3) is 0.294. The molecule has 0 spiro atoms. The zero-order valence-corrected chi connectivity index (χ0v) is 13.3. The Labute approximate surface area is 137 Å². The van der Waals surface area contributed by atoms with Gasteiger partial charge in [-0.15, -0.1) is 11.3 Å². The second-order valence-electron chi connectivity index (χ2n) is 5.80. The molecule has 23 heavy (non-hydrogen) atoms. The molecular formula is C17H16FN3OS. The van der Waals surface area contributed by atoms with E-state index in [0.29, 0.717) is 16.8 Å². The number of piperidine rings is 1. The third-order valence-electron chi connectivity index (χ3n) is 4.30. The van der Waals surface area contributed by atoms with Crippen molar-refractivity contribution >= 4 is 27.3 Å². The number of aromatic nitrogens is 2. The summed E-state index contributed by atoms with van der Waals surface area (Å²) in [5, 5.41) is 4.81. The molecule has 0 unspecified atom stereocenters. The van der Waals surface area contributed by atoms with Gasteiger partial charge >= 0.3 is 0 Å². The van der Waals surface area contributed by atoms with E-state index in [0.717, 1.165) is 24.1 Å². The van der Waals surface area contributed by atoms with E-state index in [1.165, 1.54) is 17.4 Å². The van der Waals surface area contributed by atoms with Gasteiger partial charge in [-0.2, -0.15) is 5.10 Å². The van der Waals surface area contributed by atoms with E-state index in [9.17, 15) is 9.18 Å². The highest BCUT2D eigenvalue weighted by atomic mass is 32.1. The Morgan fingerprint density at radius 1 is 1.35 bits per heavy atom. The summed E-state index contributed by atoms with van der Waals surface area (Å²) in [6.45, 7) is 1.39. The molecule has 2 aromatic heterocycles. The normalized spacial score (nSPS) is 18.5. The van der Waals surface area contributed by atoms with Crippen molar-refractivity contribution in [1.29, 1.82) is 0 Å². The van der Waals surface area contributed by atoms with E-state index in [-0.39, 0.29) is 17.8 Å². The Balaban J connectivity index is 1.58. The van der Waals surface area contributed by atoms with Gasteiger partial charge in [0.05, 0.1) is 10.9 Å². The summed E-state index contributed by atoms with van der Waals surface area (Å²) in [5.41, 5.74) is 0. The smallest absolute Gasteiger partial charge is 0.264 e. The average molecular weight is 329 g/mol. The molecular weight excluding hydrogens is 313 g/mol. The molecule has 3 heterocycles. The average Bonchev–Trinajstić information content (AvgIpc) is 3.24. The molecule has 1 aliphatic heterocycles. The Kier molecular flexibility index (Phi) is 3.61. The second kappa shape index (κ2) is 5.77. The van der Waals surface area contributed by atoms with Crippen LogP contribution in [-0.2, 0) is 0 Å². The molecule has 0 aliphatic carbocycles. The number of amides is 1. The van der Waals surface area contributed by atoms with Gasteiger partial charge in [-0.25, -0.2) is 4.39 Å². The molecule has 4 nitrogen and oxygen atoms in total. The van der Waals surface area contributed by atoms with Gasteiger partial charge in [-0.3, -0.25) is 9.48 Å². The van der Waals surface area contributed by atoms with Gasteiger partial charge in [0.1, 0.15) is 5.82 Å². The van der Waals surface area contributed by atoms with Crippen molar-refractivity contribution in [3.8, 4) is 0 Å². The second-order valence-corrected chi connectivity index (χ2v) is 6.88. The Bertz CT molecular complexity index is 843. The summed E-state index contributed by atoms with van der Waals surface area (Å²) in [4.78, 5) is 15.2. The molecule has 0 saturated carbocycles. The molecule has 4 rings (SSSR count). The van der Waals surface area contributed by atoms with Crippen LogP contribution in [-0.4, -0.2) is 33.7 Å². The number of benzene rings is 1. The maximum absolute atomic E-state index is 13.8. The highest BCUT2D eigenvalue weighted by molar-refractivity contribution is 7.20. The maximum Gasteiger partial charge on any atom is 0.264 e. The lowest BCUT2D eigenvalue weighted by Gasteiger charge is -2.32. The SMILES string of the molecule is O=C(c1cc2c(F)cccc2s1)N1CCC[C@@H](n2cccn2)C1. The summed E-state index contributed by atoms with van der Waals surface area (Å²) in [7, 11) is 0. The molecule has 3 aromatic rings. The highest BCUT2D eigenvalue weighted by Gasteiger charge is 2.26. The zero-order valence-electron chi connectivity index (χ0n) is 12.5. The fourth-order valence-corrected chi connectivity index (χ4v) is 4.18. The van der Waals surface area contributed by atoms with Crippen LogP contribution in [0, 0.1) is 5.82 Å². The summed E-state index contributed by atoms with van der Waals surface area (Å²) in [6.07, 6.45) is 5.67.